The van der Waals surface area contributed by atoms with Crippen molar-refractivity contribution in [3.63, 3.8) is 0 Å². The summed E-state index contributed by atoms with van der Waals surface area (Å²) >= 11 is 0. The molecule has 0 saturated heterocycles. The summed E-state index contributed by atoms with van der Waals surface area (Å²) in [6.07, 6.45) is 3.05. The van der Waals surface area contributed by atoms with Gasteiger partial charge in [0, 0.05) is 18.7 Å². The molecule has 16 heavy (non-hydrogen) atoms. The summed E-state index contributed by atoms with van der Waals surface area (Å²) in [5.41, 5.74) is 0.897. The third-order valence-corrected chi connectivity index (χ3v) is 2.44. The number of carbonyl (C=O) groups is 2. The van der Waals surface area contributed by atoms with Gasteiger partial charge in [0.25, 0.3) is 11.8 Å². The summed E-state index contributed by atoms with van der Waals surface area (Å²) in [5.74, 6) is -0.863. The van der Waals surface area contributed by atoms with Crippen LogP contribution in [0.15, 0.2) is 36.4 Å². The standard InChI is InChI=1S/C12H10FNO2/c13-10-3-1-9(2-4-10)7-8-14-11(15)5-6-12(14)16/h1-6H,7-8H2. The van der Waals surface area contributed by atoms with Crippen LogP contribution in [0.25, 0.3) is 0 Å². The molecule has 1 heterocycles. The highest BCUT2D eigenvalue weighted by molar-refractivity contribution is 6.12. The maximum absolute atomic E-state index is 12.6. The molecule has 1 aliphatic rings. The van der Waals surface area contributed by atoms with Gasteiger partial charge < -0.3 is 0 Å². The minimum absolute atomic E-state index is 0.285. The van der Waals surface area contributed by atoms with Gasteiger partial charge in [-0.05, 0) is 24.1 Å². The van der Waals surface area contributed by atoms with Crippen LogP contribution in [0.2, 0.25) is 0 Å². The molecular formula is C12H10FNO2. The first-order chi connectivity index (χ1) is 7.66. The van der Waals surface area contributed by atoms with Crippen molar-refractivity contribution in [3.05, 3.63) is 47.8 Å². The molecule has 2 rings (SSSR count). The molecule has 3 nitrogen and oxygen atoms in total. The van der Waals surface area contributed by atoms with Gasteiger partial charge in [-0.25, -0.2) is 4.39 Å². The Morgan fingerprint density at radius 3 is 2.12 bits per heavy atom. The van der Waals surface area contributed by atoms with E-state index in [2.05, 4.69) is 0 Å². The van der Waals surface area contributed by atoms with Crippen molar-refractivity contribution >= 4 is 11.8 Å². The fourth-order valence-corrected chi connectivity index (χ4v) is 1.54. The molecule has 0 aliphatic carbocycles. The zero-order chi connectivity index (χ0) is 11.5. The third kappa shape index (κ3) is 2.16. The smallest absolute Gasteiger partial charge is 0.253 e. The fraction of sp³-hybridized carbons (Fsp3) is 0.167. The Labute approximate surface area is 92.2 Å². The van der Waals surface area contributed by atoms with Gasteiger partial charge in [-0.1, -0.05) is 12.1 Å². The first-order valence-corrected chi connectivity index (χ1v) is 4.95. The molecule has 0 aromatic heterocycles. The van der Waals surface area contributed by atoms with E-state index in [1.165, 1.54) is 29.2 Å². The molecule has 82 valence electrons. The summed E-state index contributed by atoms with van der Waals surface area (Å²) < 4.78 is 12.6. The average molecular weight is 219 g/mol. The predicted molar refractivity (Wildman–Crippen MR) is 56.0 cm³/mol. The van der Waals surface area contributed by atoms with Crippen molar-refractivity contribution in [2.24, 2.45) is 0 Å². The lowest BCUT2D eigenvalue weighted by molar-refractivity contribution is -0.136. The van der Waals surface area contributed by atoms with E-state index in [-0.39, 0.29) is 17.6 Å². The van der Waals surface area contributed by atoms with Gasteiger partial charge in [-0.15, -0.1) is 0 Å². The van der Waals surface area contributed by atoms with Crippen LogP contribution in [0.1, 0.15) is 5.56 Å². The molecule has 0 spiro atoms. The number of benzene rings is 1. The van der Waals surface area contributed by atoms with Gasteiger partial charge in [0.2, 0.25) is 0 Å². The quantitative estimate of drug-likeness (QED) is 0.718. The second-order valence-corrected chi connectivity index (χ2v) is 3.54. The monoisotopic (exact) mass is 219 g/mol. The van der Waals surface area contributed by atoms with Crippen LogP contribution in [0, 0.1) is 5.82 Å². The van der Waals surface area contributed by atoms with Crippen LogP contribution in [0.5, 0.6) is 0 Å². The van der Waals surface area contributed by atoms with Crippen LogP contribution in [-0.2, 0) is 16.0 Å². The summed E-state index contributed by atoms with van der Waals surface area (Å²) in [7, 11) is 0. The van der Waals surface area contributed by atoms with Crippen molar-refractivity contribution in [3.8, 4) is 0 Å². The van der Waals surface area contributed by atoms with E-state index >= 15 is 0 Å². The van der Waals surface area contributed by atoms with Gasteiger partial charge in [-0.3, -0.25) is 14.5 Å². The molecule has 1 aliphatic heterocycles. The van der Waals surface area contributed by atoms with Gasteiger partial charge in [0.1, 0.15) is 5.82 Å². The lowest BCUT2D eigenvalue weighted by Gasteiger charge is -2.13. The van der Waals surface area contributed by atoms with Gasteiger partial charge >= 0.3 is 0 Å². The zero-order valence-electron chi connectivity index (χ0n) is 8.52. The minimum Gasteiger partial charge on any atom is -0.275 e. The number of rotatable bonds is 3. The van der Waals surface area contributed by atoms with Crippen molar-refractivity contribution < 1.29 is 14.0 Å². The first kappa shape index (κ1) is 10.5. The largest absolute Gasteiger partial charge is 0.275 e. The molecule has 0 fully saturated rings. The molecule has 2 amide bonds. The Balaban J connectivity index is 1.95. The molecular weight excluding hydrogens is 209 g/mol. The van der Waals surface area contributed by atoms with Crippen LogP contribution < -0.4 is 0 Å². The Morgan fingerprint density at radius 1 is 1.00 bits per heavy atom. The third-order valence-electron chi connectivity index (χ3n) is 2.44. The van der Waals surface area contributed by atoms with E-state index in [1.54, 1.807) is 12.1 Å². The average Bonchev–Trinajstić information content (AvgIpc) is 2.59. The van der Waals surface area contributed by atoms with Crippen LogP contribution >= 0.6 is 0 Å². The Kier molecular flexibility index (Phi) is 2.81. The molecule has 0 atom stereocenters. The lowest BCUT2D eigenvalue weighted by Crippen LogP contribution is -2.31. The molecule has 0 saturated carbocycles. The molecule has 4 heteroatoms. The number of halogens is 1. The van der Waals surface area contributed by atoms with E-state index in [9.17, 15) is 14.0 Å². The molecule has 0 unspecified atom stereocenters. The highest BCUT2D eigenvalue weighted by Crippen LogP contribution is 2.08. The van der Waals surface area contributed by atoms with Crippen molar-refractivity contribution in [2.75, 3.05) is 6.54 Å². The number of amides is 2. The number of carbonyl (C=O) groups excluding carboxylic acids is 2. The topological polar surface area (TPSA) is 37.4 Å². The highest BCUT2D eigenvalue weighted by Gasteiger charge is 2.22. The fourth-order valence-electron chi connectivity index (χ4n) is 1.54. The van der Waals surface area contributed by atoms with E-state index in [0.29, 0.717) is 13.0 Å². The van der Waals surface area contributed by atoms with E-state index in [0.717, 1.165) is 5.56 Å². The molecule has 0 radical (unpaired) electrons. The Hall–Kier alpha value is -1.97. The number of hydrogen-bond acceptors (Lipinski definition) is 2. The lowest BCUT2D eigenvalue weighted by atomic mass is 10.1. The van der Waals surface area contributed by atoms with Crippen LogP contribution in [0.4, 0.5) is 4.39 Å². The van der Waals surface area contributed by atoms with Gasteiger partial charge in [0.15, 0.2) is 0 Å². The predicted octanol–water partition coefficient (Wildman–Crippen LogP) is 1.29. The number of hydrogen-bond donors (Lipinski definition) is 0. The second-order valence-electron chi connectivity index (χ2n) is 3.54. The maximum atomic E-state index is 12.6. The van der Waals surface area contributed by atoms with E-state index in [1.807, 2.05) is 0 Å². The second kappa shape index (κ2) is 4.26. The van der Waals surface area contributed by atoms with Crippen molar-refractivity contribution in [2.45, 2.75) is 6.42 Å². The summed E-state index contributed by atoms with van der Waals surface area (Å²) in [4.78, 5) is 23.6. The van der Waals surface area contributed by atoms with Crippen molar-refractivity contribution in [1.29, 1.82) is 0 Å². The zero-order valence-corrected chi connectivity index (χ0v) is 8.52. The summed E-state index contributed by atoms with van der Waals surface area (Å²) in [6, 6.07) is 6.02. The maximum Gasteiger partial charge on any atom is 0.253 e. The SMILES string of the molecule is O=C1C=CC(=O)N1CCc1ccc(F)cc1. The van der Waals surface area contributed by atoms with E-state index in [4.69, 9.17) is 0 Å². The Morgan fingerprint density at radius 2 is 1.56 bits per heavy atom. The number of nitrogens with zero attached hydrogens (tertiary/aromatic N) is 1. The highest BCUT2D eigenvalue weighted by atomic mass is 19.1. The molecule has 0 bridgehead atoms. The summed E-state index contributed by atoms with van der Waals surface area (Å²) in [5, 5.41) is 0. The minimum atomic E-state index is -0.293. The summed E-state index contributed by atoms with van der Waals surface area (Å²) in [6.45, 7) is 0.330. The van der Waals surface area contributed by atoms with E-state index < -0.39 is 0 Å². The van der Waals surface area contributed by atoms with Crippen LogP contribution in [-0.4, -0.2) is 23.3 Å². The van der Waals surface area contributed by atoms with Crippen LogP contribution in [0.3, 0.4) is 0 Å². The van der Waals surface area contributed by atoms with Gasteiger partial charge in [0.05, 0.1) is 0 Å². The first-order valence-electron chi connectivity index (χ1n) is 4.95. The normalized spacial score (nSPS) is 14.9. The number of imide groups is 1. The molecule has 1 aromatic carbocycles. The van der Waals surface area contributed by atoms with Crippen molar-refractivity contribution in [1.82, 2.24) is 4.90 Å². The molecule has 1 aromatic rings. The Bertz CT molecular complexity index is 433. The van der Waals surface area contributed by atoms with Gasteiger partial charge in [-0.2, -0.15) is 0 Å². The molecule has 0 N–H and O–H groups in total.